The highest BCUT2D eigenvalue weighted by molar-refractivity contribution is 5.78. The number of aliphatic carboxylic acids is 1. The van der Waals surface area contributed by atoms with E-state index in [1.165, 1.54) is 5.01 Å². The molecule has 0 aliphatic carbocycles. The molecule has 0 atom stereocenters. The van der Waals surface area contributed by atoms with Crippen LogP contribution in [0, 0.1) is 6.92 Å². The van der Waals surface area contributed by atoms with Crippen molar-refractivity contribution in [3.8, 4) is 0 Å². The van der Waals surface area contributed by atoms with Gasteiger partial charge in [0.05, 0.1) is 5.69 Å². The summed E-state index contributed by atoms with van der Waals surface area (Å²) in [6, 6.07) is 6.27. The zero-order valence-electron chi connectivity index (χ0n) is 8.80. The molecule has 0 heterocycles. The Morgan fingerprint density at radius 3 is 2.69 bits per heavy atom. The SMILES string of the molecule is Cc1cccc(N(CC(=O)O)NC(N)=O)c1. The number of rotatable bonds is 4. The first kappa shape index (κ1) is 11.8. The average molecular weight is 223 g/mol. The van der Waals surface area contributed by atoms with Gasteiger partial charge in [-0.3, -0.25) is 9.80 Å². The molecule has 4 N–H and O–H groups in total. The molecule has 86 valence electrons. The second kappa shape index (κ2) is 5.01. The Morgan fingerprint density at radius 2 is 2.19 bits per heavy atom. The zero-order valence-corrected chi connectivity index (χ0v) is 8.80. The van der Waals surface area contributed by atoms with Crippen molar-refractivity contribution in [2.45, 2.75) is 6.92 Å². The summed E-state index contributed by atoms with van der Waals surface area (Å²) in [4.78, 5) is 21.3. The molecule has 0 fully saturated rings. The van der Waals surface area contributed by atoms with E-state index in [0.717, 1.165) is 5.56 Å². The summed E-state index contributed by atoms with van der Waals surface area (Å²) in [6.45, 7) is 1.51. The summed E-state index contributed by atoms with van der Waals surface area (Å²) < 4.78 is 0. The number of carboxylic acid groups (broad SMARTS) is 1. The van der Waals surface area contributed by atoms with Gasteiger partial charge in [0.1, 0.15) is 6.54 Å². The number of amides is 2. The fourth-order valence-corrected chi connectivity index (χ4v) is 1.26. The Labute approximate surface area is 92.6 Å². The van der Waals surface area contributed by atoms with Crippen LogP contribution in [0.1, 0.15) is 5.56 Å². The molecule has 2 amide bonds. The summed E-state index contributed by atoms with van der Waals surface area (Å²) in [6.07, 6.45) is 0. The van der Waals surface area contributed by atoms with Crippen molar-refractivity contribution in [1.82, 2.24) is 5.43 Å². The fourth-order valence-electron chi connectivity index (χ4n) is 1.26. The zero-order chi connectivity index (χ0) is 12.1. The van der Waals surface area contributed by atoms with Crippen molar-refractivity contribution in [1.29, 1.82) is 0 Å². The van der Waals surface area contributed by atoms with Gasteiger partial charge in [-0.05, 0) is 24.6 Å². The Morgan fingerprint density at radius 1 is 1.50 bits per heavy atom. The summed E-state index contributed by atoms with van der Waals surface area (Å²) in [7, 11) is 0. The largest absolute Gasteiger partial charge is 0.480 e. The van der Waals surface area contributed by atoms with Crippen LogP contribution >= 0.6 is 0 Å². The Hall–Kier alpha value is -2.24. The monoisotopic (exact) mass is 223 g/mol. The van der Waals surface area contributed by atoms with Crippen LogP contribution in [0.2, 0.25) is 0 Å². The van der Waals surface area contributed by atoms with Gasteiger partial charge in [-0.25, -0.2) is 10.2 Å². The number of carbonyl (C=O) groups excluding carboxylic acids is 1. The number of nitrogens with two attached hydrogens (primary N) is 1. The molecule has 0 spiro atoms. The van der Waals surface area contributed by atoms with Crippen LogP contribution in [0.15, 0.2) is 24.3 Å². The molecular formula is C10H13N3O3. The highest BCUT2D eigenvalue weighted by Gasteiger charge is 2.11. The molecule has 0 radical (unpaired) electrons. The number of aryl methyl sites for hydroxylation is 1. The lowest BCUT2D eigenvalue weighted by molar-refractivity contribution is -0.135. The van der Waals surface area contributed by atoms with E-state index in [2.05, 4.69) is 5.43 Å². The number of primary amides is 1. The predicted octanol–water partition coefficient (Wildman–Crippen LogP) is 0.469. The number of urea groups is 1. The topological polar surface area (TPSA) is 95.7 Å². The Kier molecular flexibility index (Phi) is 3.71. The van der Waals surface area contributed by atoms with Gasteiger partial charge in [0, 0.05) is 0 Å². The minimum Gasteiger partial charge on any atom is -0.480 e. The van der Waals surface area contributed by atoms with Crippen LogP contribution in [0.25, 0.3) is 0 Å². The molecule has 0 saturated heterocycles. The van der Waals surface area contributed by atoms with Crippen molar-refractivity contribution in [2.75, 3.05) is 11.6 Å². The summed E-state index contributed by atoms with van der Waals surface area (Å²) in [5.41, 5.74) is 8.73. The molecule has 0 unspecified atom stereocenters. The smallest absolute Gasteiger partial charge is 0.330 e. The number of anilines is 1. The van der Waals surface area contributed by atoms with Crippen LogP contribution in [0.4, 0.5) is 10.5 Å². The van der Waals surface area contributed by atoms with E-state index in [9.17, 15) is 9.59 Å². The lowest BCUT2D eigenvalue weighted by Gasteiger charge is -2.22. The molecule has 0 aliphatic heterocycles. The van der Waals surface area contributed by atoms with E-state index < -0.39 is 12.0 Å². The first-order chi connectivity index (χ1) is 7.49. The number of nitrogens with zero attached hydrogens (tertiary/aromatic N) is 1. The molecule has 6 heteroatoms. The van der Waals surface area contributed by atoms with Crippen LogP contribution in [0.5, 0.6) is 0 Å². The number of carboxylic acids is 1. The highest BCUT2D eigenvalue weighted by atomic mass is 16.4. The minimum absolute atomic E-state index is 0.355. The van der Waals surface area contributed by atoms with Crippen molar-refractivity contribution in [3.05, 3.63) is 29.8 Å². The normalized spacial score (nSPS) is 9.56. The van der Waals surface area contributed by atoms with E-state index in [4.69, 9.17) is 10.8 Å². The van der Waals surface area contributed by atoms with E-state index in [1.807, 2.05) is 13.0 Å². The molecule has 0 bridgehead atoms. The van der Waals surface area contributed by atoms with Crippen LogP contribution < -0.4 is 16.2 Å². The van der Waals surface area contributed by atoms with Crippen LogP contribution in [0.3, 0.4) is 0 Å². The Bertz CT molecular complexity index is 390. The van der Waals surface area contributed by atoms with Crippen molar-refractivity contribution < 1.29 is 14.7 Å². The van der Waals surface area contributed by atoms with E-state index >= 15 is 0 Å². The number of hydrogen-bond acceptors (Lipinski definition) is 3. The fraction of sp³-hybridized carbons (Fsp3) is 0.200. The summed E-state index contributed by atoms with van der Waals surface area (Å²) >= 11 is 0. The van der Waals surface area contributed by atoms with Gasteiger partial charge < -0.3 is 10.8 Å². The minimum atomic E-state index is -1.06. The standard InChI is InChI=1S/C10H13N3O3/c1-7-3-2-4-8(5-7)13(6-9(14)15)12-10(11)16/h2-5H,6H2,1H3,(H,14,15)(H3,11,12,16). The first-order valence-electron chi connectivity index (χ1n) is 4.61. The van der Waals surface area contributed by atoms with Crippen LogP contribution in [-0.4, -0.2) is 23.7 Å². The van der Waals surface area contributed by atoms with Gasteiger partial charge in [0.15, 0.2) is 0 Å². The Balaban J connectivity index is 2.90. The average Bonchev–Trinajstić information content (AvgIpc) is 2.15. The molecule has 16 heavy (non-hydrogen) atoms. The maximum Gasteiger partial charge on any atom is 0.330 e. The maximum absolute atomic E-state index is 10.7. The van der Waals surface area contributed by atoms with Gasteiger partial charge in [-0.15, -0.1) is 0 Å². The maximum atomic E-state index is 10.7. The molecular weight excluding hydrogens is 210 g/mol. The van der Waals surface area contributed by atoms with E-state index in [1.54, 1.807) is 18.2 Å². The third-order valence-electron chi connectivity index (χ3n) is 1.85. The van der Waals surface area contributed by atoms with Crippen molar-refractivity contribution >= 4 is 17.7 Å². The molecule has 1 aromatic carbocycles. The highest BCUT2D eigenvalue weighted by Crippen LogP contribution is 2.13. The van der Waals surface area contributed by atoms with Gasteiger partial charge in [0.2, 0.25) is 0 Å². The number of benzene rings is 1. The molecule has 0 aliphatic rings. The van der Waals surface area contributed by atoms with Crippen molar-refractivity contribution in [2.24, 2.45) is 5.73 Å². The van der Waals surface area contributed by atoms with E-state index in [0.29, 0.717) is 5.69 Å². The number of hydrazine groups is 1. The quantitative estimate of drug-likeness (QED) is 0.646. The molecule has 1 aromatic rings. The molecule has 0 aromatic heterocycles. The molecule has 0 saturated carbocycles. The molecule has 1 rings (SSSR count). The van der Waals surface area contributed by atoms with E-state index in [-0.39, 0.29) is 6.54 Å². The number of carbonyl (C=O) groups is 2. The second-order valence-corrected chi connectivity index (χ2v) is 3.29. The van der Waals surface area contributed by atoms with Gasteiger partial charge in [-0.1, -0.05) is 12.1 Å². The summed E-state index contributed by atoms with van der Waals surface area (Å²) in [5, 5.41) is 9.87. The van der Waals surface area contributed by atoms with Crippen molar-refractivity contribution in [3.63, 3.8) is 0 Å². The first-order valence-corrected chi connectivity index (χ1v) is 4.61. The van der Waals surface area contributed by atoms with Gasteiger partial charge in [0.25, 0.3) is 0 Å². The molecule has 6 nitrogen and oxygen atoms in total. The predicted molar refractivity (Wildman–Crippen MR) is 58.9 cm³/mol. The van der Waals surface area contributed by atoms with Gasteiger partial charge >= 0.3 is 12.0 Å². The number of hydrogen-bond donors (Lipinski definition) is 3. The number of nitrogens with one attached hydrogen (secondary N) is 1. The lowest BCUT2D eigenvalue weighted by Crippen LogP contribution is -2.47. The van der Waals surface area contributed by atoms with Crippen LogP contribution in [-0.2, 0) is 4.79 Å². The third kappa shape index (κ3) is 3.49. The van der Waals surface area contributed by atoms with Gasteiger partial charge in [-0.2, -0.15) is 0 Å². The third-order valence-corrected chi connectivity index (χ3v) is 1.85. The summed E-state index contributed by atoms with van der Waals surface area (Å²) in [5.74, 6) is -1.06. The second-order valence-electron chi connectivity index (χ2n) is 3.29. The lowest BCUT2D eigenvalue weighted by atomic mass is 10.2.